The number of rotatable bonds is 3. The summed E-state index contributed by atoms with van der Waals surface area (Å²) in [5, 5.41) is 0. The molecule has 88 valence electrons. The molecule has 1 heterocycles. The van der Waals surface area contributed by atoms with Crippen LogP contribution in [0.2, 0.25) is 0 Å². The number of nitrogens with zero attached hydrogens (tertiary/aromatic N) is 1. The van der Waals surface area contributed by atoms with Crippen LogP contribution in [0.5, 0.6) is 5.75 Å². The molecule has 0 N–H and O–H groups in total. The van der Waals surface area contributed by atoms with Gasteiger partial charge in [-0.3, -0.25) is 4.79 Å². The first-order chi connectivity index (χ1) is 8.11. The first kappa shape index (κ1) is 11.4. The number of aryl methyl sites for hydroxylation is 1. The van der Waals surface area contributed by atoms with Gasteiger partial charge in [0.1, 0.15) is 17.2 Å². The van der Waals surface area contributed by atoms with Crippen LogP contribution in [-0.4, -0.2) is 17.9 Å². The molecule has 0 spiro atoms. The summed E-state index contributed by atoms with van der Waals surface area (Å²) in [5.74, 6) is 1.60. The van der Waals surface area contributed by atoms with Crippen molar-refractivity contribution in [2.75, 3.05) is 7.11 Å². The summed E-state index contributed by atoms with van der Waals surface area (Å²) < 4.78 is 10.6. The van der Waals surface area contributed by atoms with Crippen LogP contribution in [0.25, 0.3) is 11.5 Å². The highest BCUT2D eigenvalue weighted by Crippen LogP contribution is 2.25. The molecule has 0 bridgehead atoms. The largest absolute Gasteiger partial charge is 0.497 e. The lowest BCUT2D eigenvalue weighted by atomic mass is 10.2. The molecule has 2 rings (SSSR count). The molecule has 1 aromatic carbocycles. The van der Waals surface area contributed by atoms with E-state index in [0.717, 1.165) is 11.3 Å². The standard InChI is InChI=1S/C13H13NO3/c1-8(15)12-9(2)17-13(14-12)10-5-4-6-11(7-10)16-3/h4-7H,1-3H3. The Balaban J connectivity index is 2.46. The molecule has 0 saturated heterocycles. The Labute approximate surface area is 99.2 Å². The van der Waals surface area contributed by atoms with Crippen LogP contribution in [0.3, 0.4) is 0 Å². The summed E-state index contributed by atoms with van der Waals surface area (Å²) in [6.07, 6.45) is 0. The zero-order valence-corrected chi connectivity index (χ0v) is 9.98. The molecule has 4 heteroatoms. The minimum Gasteiger partial charge on any atom is -0.497 e. The van der Waals surface area contributed by atoms with Gasteiger partial charge >= 0.3 is 0 Å². The molecule has 0 atom stereocenters. The number of ketones is 1. The lowest BCUT2D eigenvalue weighted by molar-refractivity contribution is 0.101. The van der Waals surface area contributed by atoms with Gasteiger partial charge < -0.3 is 9.15 Å². The lowest BCUT2D eigenvalue weighted by Gasteiger charge is -2.00. The smallest absolute Gasteiger partial charge is 0.227 e. The Morgan fingerprint density at radius 1 is 1.41 bits per heavy atom. The van der Waals surface area contributed by atoms with Crippen molar-refractivity contribution in [2.45, 2.75) is 13.8 Å². The third-order valence-corrected chi connectivity index (χ3v) is 2.45. The van der Waals surface area contributed by atoms with Gasteiger partial charge in [-0.15, -0.1) is 0 Å². The number of ether oxygens (including phenoxy) is 1. The molecule has 1 aromatic heterocycles. The fourth-order valence-electron chi connectivity index (χ4n) is 1.60. The minimum atomic E-state index is -0.0969. The van der Waals surface area contributed by atoms with Crippen LogP contribution < -0.4 is 4.74 Å². The van der Waals surface area contributed by atoms with Gasteiger partial charge in [-0.25, -0.2) is 4.98 Å². The lowest BCUT2D eigenvalue weighted by Crippen LogP contribution is -1.94. The second kappa shape index (κ2) is 4.41. The number of carbonyl (C=O) groups excluding carboxylic acids is 1. The normalized spacial score (nSPS) is 10.3. The number of hydrogen-bond donors (Lipinski definition) is 0. The van der Waals surface area contributed by atoms with Crippen molar-refractivity contribution < 1.29 is 13.9 Å². The van der Waals surface area contributed by atoms with Gasteiger partial charge in [0.25, 0.3) is 0 Å². The van der Waals surface area contributed by atoms with E-state index in [-0.39, 0.29) is 5.78 Å². The van der Waals surface area contributed by atoms with Gasteiger partial charge in [0.05, 0.1) is 7.11 Å². The van der Waals surface area contributed by atoms with E-state index in [1.165, 1.54) is 6.92 Å². The molecule has 0 aliphatic heterocycles. The molecular weight excluding hydrogens is 218 g/mol. The van der Waals surface area contributed by atoms with Crippen LogP contribution in [0.4, 0.5) is 0 Å². The van der Waals surface area contributed by atoms with Crippen molar-refractivity contribution in [3.05, 3.63) is 35.7 Å². The third kappa shape index (κ3) is 2.20. The van der Waals surface area contributed by atoms with E-state index in [1.54, 1.807) is 14.0 Å². The van der Waals surface area contributed by atoms with Gasteiger partial charge in [-0.2, -0.15) is 0 Å². The number of hydrogen-bond acceptors (Lipinski definition) is 4. The van der Waals surface area contributed by atoms with Crippen molar-refractivity contribution in [3.63, 3.8) is 0 Å². The van der Waals surface area contributed by atoms with Crippen molar-refractivity contribution in [1.29, 1.82) is 0 Å². The van der Waals surface area contributed by atoms with Gasteiger partial charge in [-0.1, -0.05) is 6.07 Å². The maximum atomic E-state index is 11.3. The molecule has 0 aliphatic carbocycles. The topological polar surface area (TPSA) is 52.3 Å². The molecule has 4 nitrogen and oxygen atoms in total. The van der Waals surface area contributed by atoms with Crippen LogP contribution in [-0.2, 0) is 0 Å². The van der Waals surface area contributed by atoms with Crippen LogP contribution >= 0.6 is 0 Å². The quantitative estimate of drug-likeness (QED) is 0.762. The Hall–Kier alpha value is -2.10. The van der Waals surface area contributed by atoms with E-state index in [4.69, 9.17) is 9.15 Å². The fraction of sp³-hybridized carbons (Fsp3) is 0.231. The van der Waals surface area contributed by atoms with Crippen molar-refractivity contribution in [2.24, 2.45) is 0 Å². The average Bonchev–Trinajstić information content (AvgIpc) is 2.71. The van der Waals surface area contributed by atoms with Gasteiger partial charge in [-0.05, 0) is 25.1 Å². The van der Waals surface area contributed by atoms with Gasteiger partial charge in [0, 0.05) is 12.5 Å². The Bertz CT molecular complexity index is 558. The molecule has 0 aliphatic rings. The highest BCUT2D eigenvalue weighted by Gasteiger charge is 2.14. The molecule has 2 aromatic rings. The van der Waals surface area contributed by atoms with Crippen molar-refractivity contribution in [3.8, 4) is 17.2 Å². The monoisotopic (exact) mass is 231 g/mol. The predicted octanol–water partition coefficient (Wildman–Crippen LogP) is 2.86. The predicted molar refractivity (Wildman–Crippen MR) is 63.2 cm³/mol. The Kier molecular flexibility index (Phi) is 2.95. The summed E-state index contributed by atoms with van der Waals surface area (Å²) in [7, 11) is 1.60. The molecule has 0 unspecified atom stereocenters. The second-order valence-corrected chi connectivity index (χ2v) is 3.71. The average molecular weight is 231 g/mol. The van der Waals surface area contributed by atoms with Gasteiger partial charge in [0.2, 0.25) is 5.89 Å². The van der Waals surface area contributed by atoms with E-state index in [0.29, 0.717) is 17.3 Å². The van der Waals surface area contributed by atoms with Crippen LogP contribution in [0, 0.1) is 6.92 Å². The van der Waals surface area contributed by atoms with Crippen molar-refractivity contribution in [1.82, 2.24) is 4.98 Å². The molecule has 0 amide bonds. The number of carbonyl (C=O) groups is 1. The maximum absolute atomic E-state index is 11.3. The third-order valence-electron chi connectivity index (χ3n) is 2.45. The Morgan fingerprint density at radius 2 is 2.18 bits per heavy atom. The van der Waals surface area contributed by atoms with Gasteiger partial charge in [0.15, 0.2) is 5.78 Å². The molecular formula is C13H13NO3. The van der Waals surface area contributed by atoms with Crippen LogP contribution in [0.15, 0.2) is 28.7 Å². The summed E-state index contributed by atoms with van der Waals surface area (Å²) in [4.78, 5) is 15.5. The number of methoxy groups -OCH3 is 1. The number of benzene rings is 1. The highest BCUT2D eigenvalue weighted by molar-refractivity contribution is 5.93. The Morgan fingerprint density at radius 3 is 2.76 bits per heavy atom. The molecule has 0 saturated carbocycles. The summed E-state index contributed by atoms with van der Waals surface area (Å²) >= 11 is 0. The number of oxazole rings is 1. The first-order valence-electron chi connectivity index (χ1n) is 5.24. The van der Waals surface area contributed by atoms with Crippen molar-refractivity contribution >= 4 is 5.78 Å². The fourth-order valence-corrected chi connectivity index (χ4v) is 1.60. The number of Topliss-reactive ketones (excluding diaryl/α,β-unsaturated/α-hetero) is 1. The molecule has 17 heavy (non-hydrogen) atoms. The maximum Gasteiger partial charge on any atom is 0.227 e. The highest BCUT2D eigenvalue weighted by atomic mass is 16.5. The number of aromatic nitrogens is 1. The SMILES string of the molecule is COc1cccc(-c2nc(C(C)=O)c(C)o2)c1. The summed E-state index contributed by atoms with van der Waals surface area (Å²) in [5.41, 5.74) is 1.17. The van der Waals surface area contributed by atoms with E-state index in [9.17, 15) is 4.79 Å². The summed E-state index contributed by atoms with van der Waals surface area (Å²) in [6, 6.07) is 7.36. The van der Waals surface area contributed by atoms with E-state index in [2.05, 4.69) is 4.98 Å². The minimum absolute atomic E-state index is 0.0969. The van der Waals surface area contributed by atoms with E-state index < -0.39 is 0 Å². The van der Waals surface area contributed by atoms with E-state index in [1.807, 2.05) is 24.3 Å². The molecule has 0 fully saturated rings. The zero-order valence-electron chi connectivity index (χ0n) is 9.98. The summed E-state index contributed by atoms with van der Waals surface area (Å²) in [6.45, 7) is 3.20. The van der Waals surface area contributed by atoms with E-state index >= 15 is 0 Å². The zero-order chi connectivity index (χ0) is 12.4. The second-order valence-electron chi connectivity index (χ2n) is 3.71. The van der Waals surface area contributed by atoms with Crippen LogP contribution in [0.1, 0.15) is 23.2 Å². The molecule has 0 radical (unpaired) electrons. The first-order valence-corrected chi connectivity index (χ1v) is 5.24.